The average molecular weight is 287 g/mol. The third-order valence-electron chi connectivity index (χ3n) is 3.05. The molecule has 0 saturated heterocycles. The third kappa shape index (κ3) is 2.39. The number of benzene rings is 1. The first-order valence-electron chi connectivity index (χ1n) is 5.86. The smallest absolute Gasteiger partial charge is 0.0934 e. The standard InChI is InChI=1S/C15H11ClN2S/c1-10-12(11-7-15(16)19-9-11)3-2-4-13(10)14-8-17-5-6-18-14/h2-9H,1H3. The molecule has 0 saturated carbocycles. The van der Waals surface area contributed by atoms with Crippen molar-refractivity contribution in [3.05, 3.63) is 58.1 Å². The molecule has 0 aliphatic heterocycles. The van der Waals surface area contributed by atoms with Crippen LogP contribution in [0.15, 0.2) is 48.2 Å². The molecule has 0 fully saturated rings. The fourth-order valence-corrected chi connectivity index (χ4v) is 3.00. The molecule has 4 heteroatoms. The third-order valence-corrected chi connectivity index (χ3v) is 4.14. The van der Waals surface area contributed by atoms with Crippen LogP contribution in [0.5, 0.6) is 0 Å². The zero-order chi connectivity index (χ0) is 13.2. The second kappa shape index (κ2) is 5.11. The summed E-state index contributed by atoms with van der Waals surface area (Å²) in [5.74, 6) is 0. The lowest BCUT2D eigenvalue weighted by molar-refractivity contribution is 1.20. The molecular formula is C15H11ClN2S. The van der Waals surface area contributed by atoms with E-state index in [9.17, 15) is 0 Å². The van der Waals surface area contributed by atoms with Crippen molar-refractivity contribution >= 4 is 22.9 Å². The van der Waals surface area contributed by atoms with Crippen molar-refractivity contribution in [2.45, 2.75) is 6.92 Å². The van der Waals surface area contributed by atoms with Gasteiger partial charge in [0, 0.05) is 23.3 Å². The van der Waals surface area contributed by atoms with E-state index >= 15 is 0 Å². The summed E-state index contributed by atoms with van der Waals surface area (Å²) >= 11 is 7.56. The van der Waals surface area contributed by atoms with E-state index in [1.807, 2.05) is 12.1 Å². The van der Waals surface area contributed by atoms with Crippen LogP contribution in [0.25, 0.3) is 22.4 Å². The normalized spacial score (nSPS) is 10.6. The second-order valence-electron chi connectivity index (χ2n) is 4.21. The van der Waals surface area contributed by atoms with Crippen LogP contribution < -0.4 is 0 Å². The zero-order valence-electron chi connectivity index (χ0n) is 10.3. The van der Waals surface area contributed by atoms with Gasteiger partial charge in [0.05, 0.1) is 16.2 Å². The molecule has 1 aromatic carbocycles. The largest absolute Gasteiger partial charge is 0.261 e. The first-order valence-corrected chi connectivity index (χ1v) is 7.12. The van der Waals surface area contributed by atoms with Crippen LogP contribution in [-0.2, 0) is 0 Å². The predicted octanol–water partition coefficient (Wildman–Crippen LogP) is 4.83. The molecule has 0 aliphatic rings. The molecule has 0 unspecified atom stereocenters. The minimum atomic E-state index is 0.805. The maximum absolute atomic E-state index is 6.02. The molecule has 94 valence electrons. The summed E-state index contributed by atoms with van der Waals surface area (Å²) in [6.45, 7) is 2.10. The Balaban J connectivity index is 2.14. The predicted molar refractivity (Wildman–Crippen MR) is 80.5 cm³/mol. The molecule has 2 nitrogen and oxygen atoms in total. The Labute approximate surface area is 120 Å². The summed E-state index contributed by atoms with van der Waals surface area (Å²) in [4.78, 5) is 8.49. The van der Waals surface area contributed by atoms with Gasteiger partial charge in [-0.1, -0.05) is 29.8 Å². The Kier molecular flexibility index (Phi) is 3.32. The van der Waals surface area contributed by atoms with Gasteiger partial charge in [0.1, 0.15) is 0 Å². The van der Waals surface area contributed by atoms with Crippen LogP contribution in [0.4, 0.5) is 0 Å². The fraction of sp³-hybridized carbons (Fsp3) is 0.0667. The van der Waals surface area contributed by atoms with Crippen LogP contribution in [0.3, 0.4) is 0 Å². The number of rotatable bonds is 2. The van der Waals surface area contributed by atoms with Crippen LogP contribution in [0.2, 0.25) is 4.34 Å². The lowest BCUT2D eigenvalue weighted by Gasteiger charge is -2.09. The highest BCUT2D eigenvalue weighted by atomic mass is 35.5. The highest BCUT2D eigenvalue weighted by molar-refractivity contribution is 7.14. The van der Waals surface area contributed by atoms with Crippen LogP contribution >= 0.6 is 22.9 Å². The monoisotopic (exact) mass is 286 g/mol. The highest BCUT2D eigenvalue weighted by Crippen LogP contribution is 2.34. The summed E-state index contributed by atoms with van der Waals surface area (Å²) in [6.07, 6.45) is 5.18. The van der Waals surface area contributed by atoms with E-state index in [-0.39, 0.29) is 0 Å². The van der Waals surface area contributed by atoms with Crippen LogP contribution in [0, 0.1) is 6.92 Å². The lowest BCUT2D eigenvalue weighted by atomic mass is 9.97. The van der Waals surface area contributed by atoms with Gasteiger partial charge in [-0.25, -0.2) is 0 Å². The van der Waals surface area contributed by atoms with E-state index in [0.29, 0.717) is 0 Å². The molecule has 0 atom stereocenters. The number of hydrogen-bond acceptors (Lipinski definition) is 3. The molecule has 19 heavy (non-hydrogen) atoms. The Morgan fingerprint density at radius 2 is 2.00 bits per heavy atom. The van der Waals surface area contributed by atoms with Gasteiger partial charge in [0.25, 0.3) is 0 Å². The molecule has 0 amide bonds. The van der Waals surface area contributed by atoms with Gasteiger partial charge >= 0.3 is 0 Å². The Hall–Kier alpha value is -1.71. The summed E-state index contributed by atoms with van der Waals surface area (Å²) < 4.78 is 0.805. The van der Waals surface area contributed by atoms with E-state index in [0.717, 1.165) is 21.2 Å². The summed E-state index contributed by atoms with van der Waals surface area (Å²) in [5.41, 5.74) is 5.53. The van der Waals surface area contributed by atoms with Gasteiger partial charge in [-0.05, 0) is 29.7 Å². The van der Waals surface area contributed by atoms with E-state index in [1.165, 1.54) is 11.1 Å². The number of hydrogen-bond donors (Lipinski definition) is 0. The summed E-state index contributed by atoms with van der Waals surface area (Å²) in [5, 5.41) is 2.07. The van der Waals surface area contributed by atoms with Crippen LogP contribution in [-0.4, -0.2) is 9.97 Å². The van der Waals surface area contributed by atoms with Crippen molar-refractivity contribution in [2.24, 2.45) is 0 Å². The minimum Gasteiger partial charge on any atom is -0.261 e. The molecule has 0 spiro atoms. The molecule has 0 N–H and O–H groups in total. The first kappa shape index (κ1) is 12.3. The number of aromatic nitrogens is 2. The van der Waals surface area contributed by atoms with Gasteiger partial charge in [-0.2, -0.15) is 0 Å². The first-order chi connectivity index (χ1) is 9.25. The lowest BCUT2D eigenvalue weighted by Crippen LogP contribution is -1.90. The topological polar surface area (TPSA) is 25.8 Å². The highest BCUT2D eigenvalue weighted by Gasteiger charge is 2.10. The fourth-order valence-electron chi connectivity index (χ4n) is 2.12. The Morgan fingerprint density at radius 3 is 2.68 bits per heavy atom. The SMILES string of the molecule is Cc1c(-c2csc(Cl)c2)cccc1-c1cnccn1. The summed E-state index contributed by atoms with van der Waals surface area (Å²) in [6, 6.07) is 8.21. The van der Waals surface area contributed by atoms with Crippen molar-refractivity contribution in [2.75, 3.05) is 0 Å². The quantitative estimate of drug-likeness (QED) is 0.674. The molecule has 2 aromatic heterocycles. The minimum absolute atomic E-state index is 0.805. The van der Waals surface area contributed by atoms with Crippen molar-refractivity contribution < 1.29 is 0 Å². The molecule has 3 aromatic rings. The number of nitrogens with zero attached hydrogens (tertiary/aromatic N) is 2. The second-order valence-corrected chi connectivity index (χ2v) is 5.75. The van der Waals surface area contributed by atoms with Gasteiger partial charge in [0.2, 0.25) is 0 Å². The van der Waals surface area contributed by atoms with E-state index in [1.54, 1.807) is 29.9 Å². The molecule has 0 radical (unpaired) electrons. The average Bonchev–Trinajstić information content (AvgIpc) is 2.86. The van der Waals surface area contributed by atoms with Gasteiger partial charge in [0.15, 0.2) is 0 Å². The molecule has 2 heterocycles. The van der Waals surface area contributed by atoms with Gasteiger partial charge < -0.3 is 0 Å². The van der Waals surface area contributed by atoms with Gasteiger partial charge in [-0.15, -0.1) is 11.3 Å². The van der Waals surface area contributed by atoms with Gasteiger partial charge in [-0.3, -0.25) is 9.97 Å². The maximum Gasteiger partial charge on any atom is 0.0934 e. The van der Waals surface area contributed by atoms with Crippen molar-refractivity contribution in [3.63, 3.8) is 0 Å². The Morgan fingerprint density at radius 1 is 1.16 bits per heavy atom. The Bertz CT molecular complexity index is 707. The number of halogens is 1. The van der Waals surface area contributed by atoms with E-state index in [4.69, 9.17) is 11.6 Å². The van der Waals surface area contributed by atoms with Crippen molar-refractivity contribution in [1.82, 2.24) is 9.97 Å². The summed E-state index contributed by atoms with van der Waals surface area (Å²) in [7, 11) is 0. The maximum atomic E-state index is 6.02. The zero-order valence-corrected chi connectivity index (χ0v) is 11.9. The molecule has 0 bridgehead atoms. The molecule has 3 rings (SSSR count). The van der Waals surface area contributed by atoms with E-state index < -0.39 is 0 Å². The van der Waals surface area contributed by atoms with Crippen LogP contribution in [0.1, 0.15) is 5.56 Å². The molecule has 0 aliphatic carbocycles. The van der Waals surface area contributed by atoms with Crippen molar-refractivity contribution in [1.29, 1.82) is 0 Å². The van der Waals surface area contributed by atoms with E-state index in [2.05, 4.69) is 34.4 Å². The van der Waals surface area contributed by atoms with Crippen molar-refractivity contribution in [3.8, 4) is 22.4 Å². The molecular weight excluding hydrogens is 276 g/mol. The number of thiophene rings is 1.